The maximum Gasteiger partial charge on any atom is 0.244 e. The maximum atomic E-state index is 11.7. The van der Waals surface area contributed by atoms with Crippen LogP contribution >= 0.6 is 11.6 Å². The number of halogens is 1. The highest BCUT2D eigenvalue weighted by molar-refractivity contribution is 7.89. The first-order valence-electron chi connectivity index (χ1n) is 3.83. The Balaban J connectivity index is 3.40. The van der Waals surface area contributed by atoms with Crippen molar-refractivity contribution in [2.75, 3.05) is 19.8 Å². The first-order valence-corrected chi connectivity index (χ1v) is 5.65. The molecule has 0 amide bonds. The first kappa shape index (κ1) is 11.3. The summed E-state index contributed by atoms with van der Waals surface area (Å²) >= 11 is 5.69. The van der Waals surface area contributed by atoms with E-state index in [0.717, 1.165) is 4.31 Å². The molecule has 2 N–H and O–H groups in total. The van der Waals surface area contributed by atoms with E-state index in [2.05, 4.69) is 0 Å². The van der Waals surface area contributed by atoms with Crippen LogP contribution in [0.5, 0.6) is 0 Å². The quantitative estimate of drug-likeness (QED) is 0.782. The number of hydrogen-bond acceptors (Lipinski definition) is 3. The molecule has 0 spiro atoms. The lowest BCUT2D eigenvalue weighted by atomic mass is 10.3. The average molecular weight is 235 g/mol. The minimum Gasteiger partial charge on any atom is -0.398 e. The summed E-state index contributed by atoms with van der Waals surface area (Å²) in [5.41, 5.74) is 5.75. The van der Waals surface area contributed by atoms with E-state index >= 15 is 0 Å². The summed E-state index contributed by atoms with van der Waals surface area (Å²) in [6, 6.07) is 4.36. The van der Waals surface area contributed by atoms with E-state index in [0.29, 0.717) is 5.02 Å². The fraction of sp³-hybridized carbons (Fsp3) is 0.250. The van der Waals surface area contributed by atoms with E-state index < -0.39 is 10.0 Å². The van der Waals surface area contributed by atoms with Gasteiger partial charge in [0.15, 0.2) is 0 Å². The Hall–Kier alpha value is -0.780. The van der Waals surface area contributed by atoms with Gasteiger partial charge in [-0.2, -0.15) is 0 Å². The van der Waals surface area contributed by atoms with Gasteiger partial charge in [0.2, 0.25) is 10.0 Å². The lowest BCUT2D eigenvalue weighted by Gasteiger charge is -2.13. The number of nitrogens with two attached hydrogens (primary N) is 1. The van der Waals surface area contributed by atoms with Gasteiger partial charge in [0.25, 0.3) is 0 Å². The topological polar surface area (TPSA) is 63.4 Å². The molecule has 0 saturated carbocycles. The number of nitrogen functional groups attached to an aromatic ring is 1. The third-order valence-corrected chi connectivity index (χ3v) is 3.84. The molecule has 1 aromatic rings. The standard InChI is InChI=1S/C8H11ClN2O2S/c1-11(2)14(12,13)8-5-6(9)3-4-7(8)10/h3-5H,10H2,1-2H3. The van der Waals surface area contributed by atoms with Gasteiger partial charge < -0.3 is 5.73 Å². The highest BCUT2D eigenvalue weighted by Gasteiger charge is 2.20. The lowest BCUT2D eigenvalue weighted by Crippen LogP contribution is -2.23. The molecule has 0 unspecified atom stereocenters. The van der Waals surface area contributed by atoms with Crippen LogP contribution in [0.3, 0.4) is 0 Å². The number of benzene rings is 1. The molecule has 0 bridgehead atoms. The lowest BCUT2D eigenvalue weighted by molar-refractivity contribution is 0.521. The number of sulfonamides is 1. The molecule has 0 fully saturated rings. The fourth-order valence-corrected chi connectivity index (χ4v) is 2.20. The molecule has 0 radical (unpaired) electrons. The van der Waals surface area contributed by atoms with Crippen molar-refractivity contribution >= 4 is 27.3 Å². The van der Waals surface area contributed by atoms with Gasteiger partial charge in [-0.05, 0) is 18.2 Å². The van der Waals surface area contributed by atoms with Crippen molar-refractivity contribution in [2.45, 2.75) is 4.90 Å². The van der Waals surface area contributed by atoms with Crippen LogP contribution in [0, 0.1) is 0 Å². The Morgan fingerprint density at radius 3 is 2.43 bits per heavy atom. The molecule has 0 aliphatic carbocycles. The minimum absolute atomic E-state index is 0.0370. The third-order valence-electron chi connectivity index (χ3n) is 1.73. The molecule has 4 nitrogen and oxygen atoms in total. The van der Waals surface area contributed by atoms with Crippen LogP contribution < -0.4 is 5.73 Å². The molecule has 0 saturated heterocycles. The first-order chi connectivity index (χ1) is 6.35. The van der Waals surface area contributed by atoms with Gasteiger partial charge in [0, 0.05) is 19.1 Å². The molecule has 0 aliphatic heterocycles. The Bertz CT molecular complexity index is 443. The predicted octanol–water partition coefficient (Wildman–Crippen LogP) is 1.17. The summed E-state index contributed by atoms with van der Waals surface area (Å²) in [7, 11) is -0.626. The van der Waals surface area contributed by atoms with E-state index in [1.807, 2.05) is 0 Å². The molecular formula is C8H11ClN2O2S. The van der Waals surface area contributed by atoms with Crippen molar-refractivity contribution in [1.82, 2.24) is 4.31 Å². The molecule has 14 heavy (non-hydrogen) atoms. The molecule has 1 aromatic carbocycles. The number of anilines is 1. The van der Waals surface area contributed by atoms with Gasteiger partial charge >= 0.3 is 0 Å². The van der Waals surface area contributed by atoms with Gasteiger partial charge in [-0.15, -0.1) is 0 Å². The number of nitrogens with zero attached hydrogens (tertiary/aromatic N) is 1. The van der Waals surface area contributed by atoms with Crippen LogP contribution in [-0.4, -0.2) is 26.8 Å². The molecule has 1 rings (SSSR count). The summed E-state index contributed by atoms with van der Waals surface area (Å²) in [4.78, 5) is 0.0370. The van der Waals surface area contributed by atoms with Crippen LogP contribution in [0.15, 0.2) is 23.1 Å². The van der Waals surface area contributed by atoms with E-state index in [-0.39, 0.29) is 10.6 Å². The SMILES string of the molecule is CN(C)S(=O)(=O)c1cc(Cl)ccc1N. The average Bonchev–Trinajstić information content (AvgIpc) is 2.08. The smallest absolute Gasteiger partial charge is 0.244 e. The van der Waals surface area contributed by atoms with Crippen LogP contribution in [0.1, 0.15) is 0 Å². The predicted molar refractivity (Wildman–Crippen MR) is 56.7 cm³/mol. The van der Waals surface area contributed by atoms with E-state index in [4.69, 9.17) is 17.3 Å². The Labute approximate surface area is 88.3 Å². The third kappa shape index (κ3) is 2.00. The zero-order chi connectivity index (χ0) is 10.9. The van der Waals surface area contributed by atoms with E-state index in [9.17, 15) is 8.42 Å². The van der Waals surface area contributed by atoms with Crippen molar-refractivity contribution in [3.8, 4) is 0 Å². The molecule has 0 atom stereocenters. The summed E-state index contributed by atoms with van der Waals surface area (Å²) < 4.78 is 24.5. The van der Waals surface area contributed by atoms with Crippen LogP contribution in [-0.2, 0) is 10.0 Å². The molecule has 0 aromatic heterocycles. The van der Waals surface area contributed by atoms with E-state index in [1.54, 1.807) is 6.07 Å². The highest BCUT2D eigenvalue weighted by atomic mass is 35.5. The number of hydrogen-bond donors (Lipinski definition) is 1. The normalized spacial score (nSPS) is 12.0. The highest BCUT2D eigenvalue weighted by Crippen LogP contribution is 2.24. The Kier molecular flexibility index (Phi) is 3.04. The van der Waals surface area contributed by atoms with Gasteiger partial charge in [-0.1, -0.05) is 11.6 Å². The van der Waals surface area contributed by atoms with Crippen molar-refractivity contribution < 1.29 is 8.42 Å². The van der Waals surface area contributed by atoms with Gasteiger partial charge in [-0.25, -0.2) is 12.7 Å². The summed E-state index contributed by atoms with van der Waals surface area (Å²) in [5.74, 6) is 0. The van der Waals surface area contributed by atoms with Crippen LogP contribution in [0.25, 0.3) is 0 Å². The monoisotopic (exact) mass is 234 g/mol. The maximum absolute atomic E-state index is 11.7. The second-order valence-corrected chi connectivity index (χ2v) is 5.53. The summed E-state index contributed by atoms with van der Waals surface area (Å²) in [5, 5.41) is 0.347. The Morgan fingerprint density at radius 2 is 1.93 bits per heavy atom. The van der Waals surface area contributed by atoms with E-state index in [1.165, 1.54) is 26.2 Å². The van der Waals surface area contributed by atoms with Gasteiger partial charge in [0.1, 0.15) is 4.90 Å². The summed E-state index contributed by atoms with van der Waals surface area (Å²) in [6.07, 6.45) is 0. The molecule has 6 heteroatoms. The zero-order valence-electron chi connectivity index (χ0n) is 7.86. The molecule has 78 valence electrons. The second-order valence-electron chi connectivity index (χ2n) is 2.97. The van der Waals surface area contributed by atoms with Crippen molar-refractivity contribution in [1.29, 1.82) is 0 Å². The minimum atomic E-state index is -3.51. The van der Waals surface area contributed by atoms with Crippen molar-refractivity contribution in [2.24, 2.45) is 0 Å². The number of rotatable bonds is 2. The molecule has 0 aliphatic rings. The van der Waals surface area contributed by atoms with Gasteiger partial charge in [0.05, 0.1) is 5.69 Å². The summed E-state index contributed by atoms with van der Waals surface area (Å²) in [6.45, 7) is 0. The van der Waals surface area contributed by atoms with Gasteiger partial charge in [-0.3, -0.25) is 0 Å². The van der Waals surface area contributed by atoms with Crippen molar-refractivity contribution in [3.63, 3.8) is 0 Å². The molecular weight excluding hydrogens is 224 g/mol. The van der Waals surface area contributed by atoms with Crippen LogP contribution in [0.4, 0.5) is 5.69 Å². The molecule has 0 heterocycles. The van der Waals surface area contributed by atoms with Crippen molar-refractivity contribution in [3.05, 3.63) is 23.2 Å². The fourth-order valence-electron chi connectivity index (χ4n) is 0.928. The van der Waals surface area contributed by atoms with Crippen LogP contribution in [0.2, 0.25) is 5.02 Å². The largest absolute Gasteiger partial charge is 0.398 e. The Morgan fingerprint density at radius 1 is 1.36 bits per heavy atom. The second kappa shape index (κ2) is 3.76. The zero-order valence-corrected chi connectivity index (χ0v) is 9.43.